The van der Waals surface area contributed by atoms with E-state index in [0.717, 1.165) is 0 Å². The summed E-state index contributed by atoms with van der Waals surface area (Å²) in [5.74, 6) is -0.873. The average Bonchev–Trinajstić information content (AvgIpc) is 2.61. The van der Waals surface area contributed by atoms with Gasteiger partial charge in [-0.1, -0.05) is 29.8 Å². The van der Waals surface area contributed by atoms with Crippen LogP contribution in [-0.2, 0) is 16.0 Å². The van der Waals surface area contributed by atoms with Gasteiger partial charge in [-0.15, -0.1) is 0 Å². The molecule has 7 heteroatoms. The van der Waals surface area contributed by atoms with E-state index in [-0.39, 0.29) is 17.9 Å². The quantitative estimate of drug-likeness (QED) is 0.652. The molecule has 26 heavy (non-hydrogen) atoms. The molecule has 0 radical (unpaired) electrons. The number of carboxylic acid groups (broad SMARTS) is 1. The highest BCUT2D eigenvalue weighted by atomic mass is 35.5. The molecule has 0 heterocycles. The monoisotopic (exact) mass is 377 g/mol. The molecule has 0 aliphatic carbocycles. The van der Waals surface area contributed by atoms with Crippen molar-refractivity contribution in [1.82, 2.24) is 0 Å². The lowest BCUT2D eigenvalue weighted by Gasteiger charge is -2.14. The SMILES string of the molecule is CCOCCOc1c(Cl)cccc1NC(=O)Cc1ccc(C(=O)O)cc1. The number of ether oxygens (including phenoxy) is 2. The number of carboxylic acids is 1. The number of para-hydroxylation sites is 1. The van der Waals surface area contributed by atoms with Crippen molar-refractivity contribution in [3.05, 3.63) is 58.6 Å². The van der Waals surface area contributed by atoms with E-state index < -0.39 is 5.97 Å². The number of amides is 1. The van der Waals surface area contributed by atoms with Crippen LogP contribution in [-0.4, -0.2) is 36.8 Å². The lowest BCUT2D eigenvalue weighted by atomic mass is 10.1. The van der Waals surface area contributed by atoms with E-state index in [1.54, 1.807) is 30.3 Å². The highest BCUT2D eigenvalue weighted by Gasteiger charge is 2.12. The Hall–Kier alpha value is -2.57. The van der Waals surface area contributed by atoms with Crippen LogP contribution in [0.15, 0.2) is 42.5 Å². The van der Waals surface area contributed by atoms with Crippen LogP contribution in [0, 0.1) is 0 Å². The van der Waals surface area contributed by atoms with E-state index in [2.05, 4.69) is 5.32 Å². The third-order valence-electron chi connectivity index (χ3n) is 3.48. The lowest BCUT2D eigenvalue weighted by Crippen LogP contribution is -2.16. The second kappa shape index (κ2) is 9.79. The molecule has 0 atom stereocenters. The molecule has 0 unspecified atom stereocenters. The summed E-state index contributed by atoms with van der Waals surface area (Å²) >= 11 is 6.16. The van der Waals surface area contributed by atoms with E-state index >= 15 is 0 Å². The number of hydrogen-bond acceptors (Lipinski definition) is 4. The normalized spacial score (nSPS) is 10.4. The minimum absolute atomic E-state index is 0.102. The maximum absolute atomic E-state index is 12.3. The fourth-order valence-electron chi connectivity index (χ4n) is 2.25. The Morgan fingerprint density at radius 1 is 1.12 bits per heavy atom. The number of carbonyl (C=O) groups excluding carboxylic acids is 1. The van der Waals surface area contributed by atoms with Gasteiger partial charge in [-0.25, -0.2) is 4.79 Å². The van der Waals surface area contributed by atoms with Gasteiger partial charge in [-0.2, -0.15) is 0 Å². The third-order valence-corrected chi connectivity index (χ3v) is 3.78. The Morgan fingerprint density at radius 3 is 2.50 bits per heavy atom. The van der Waals surface area contributed by atoms with Gasteiger partial charge in [0.25, 0.3) is 0 Å². The molecule has 0 bridgehead atoms. The largest absolute Gasteiger partial charge is 0.487 e. The molecule has 0 saturated carbocycles. The first kappa shape index (κ1) is 19.8. The van der Waals surface area contributed by atoms with Crippen LogP contribution >= 0.6 is 11.6 Å². The molecule has 0 aromatic heterocycles. The molecule has 0 saturated heterocycles. The molecular formula is C19H20ClNO5. The van der Waals surface area contributed by atoms with Crippen molar-refractivity contribution in [2.45, 2.75) is 13.3 Å². The molecular weight excluding hydrogens is 358 g/mol. The minimum Gasteiger partial charge on any atom is -0.487 e. The Kier molecular flexibility index (Phi) is 7.44. The van der Waals surface area contributed by atoms with Gasteiger partial charge in [0.2, 0.25) is 5.91 Å². The minimum atomic E-state index is -1.01. The number of hydrogen-bond donors (Lipinski definition) is 2. The van der Waals surface area contributed by atoms with E-state index in [1.807, 2.05) is 6.92 Å². The molecule has 1 amide bonds. The smallest absolute Gasteiger partial charge is 0.335 e. The Bertz CT molecular complexity index is 761. The molecule has 2 rings (SSSR count). The first-order valence-electron chi connectivity index (χ1n) is 8.12. The maximum Gasteiger partial charge on any atom is 0.335 e. The van der Waals surface area contributed by atoms with E-state index in [1.165, 1.54) is 12.1 Å². The van der Waals surface area contributed by atoms with Crippen LogP contribution < -0.4 is 10.1 Å². The number of benzene rings is 2. The number of carbonyl (C=O) groups is 2. The third kappa shape index (κ3) is 5.75. The fourth-order valence-corrected chi connectivity index (χ4v) is 2.48. The molecule has 2 aromatic carbocycles. The number of nitrogens with one attached hydrogen (secondary N) is 1. The summed E-state index contributed by atoms with van der Waals surface area (Å²) in [6, 6.07) is 11.3. The van der Waals surface area contributed by atoms with Gasteiger partial charge in [0, 0.05) is 6.61 Å². The number of aromatic carboxylic acids is 1. The summed E-state index contributed by atoms with van der Waals surface area (Å²) in [6.45, 7) is 3.22. The van der Waals surface area contributed by atoms with Gasteiger partial charge in [-0.05, 0) is 36.8 Å². The molecule has 138 valence electrons. The van der Waals surface area contributed by atoms with Gasteiger partial charge in [0.1, 0.15) is 6.61 Å². The van der Waals surface area contributed by atoms with Gasteiger partial charge >= 0.3 is 5.97 Å². The molecule has 0 aliphatic heterocycles. The molecule has 0 spiro atoms. The van der Waals surface area contributed by atoms with Crippen LogP contribution in [0.1, 0.15) is 22.8 Å². The van der Waals surface area contributed by atoms with E-state index in [0.29, 0.717) is 41.8 Å². The predicted molar refractivity (Wildman–Crippen MR) is 99.2 cm³/mol. The van der Waals surface area contributed by atoms with Crippen LogP contribution in [0.25, 0.3) is 0 Å². The van der Waals surface area contributed by atoms with Crippen molar-refractivity contribution in [3.8, 4) is 5.75 Å². The van der Waals surface area contributed by atoms with Crippen molar-refractivity contribution in [3.63, 3.8) is 0 Å². The van der Waals surface area contributed by atoms with E-state index in [4.69, 9.17) is 26.2 Å². The van der Waals surface area contributed by atoms with Crippen molar-refractivity contribution in [1.29, 1.82) is 0 Å². The van der Waals surface area contributed by atoms with Crippen molar-refractivity contribution in [2.24, 2.45) is 0 Å². The van der Waals surface area contributed by atoms with Crippen LogP contribution in [0.2, 0.25) is 5.02 Å². The summed E-state index contributed by atoms with van der Waals surface area (Å²) in [7, 11) is 0. The van der Waals surface area contributed by atoms with Gasteiger partial charge in [0.05, 0.1) is 29.3 Å². The van der Waals surface area contributed by atoms with Gasteiger partial charge in [-0.3, -0.25) is 4.79 Å². The molecule has 2 aromatic rings. The highest BCUT2D eigenvalue weighted by Crippen LogP contribution is 2.33. The van der Waals surface area contributed by atoms with Crippen LogP contribution in [0.3, 0.4) is 0 Å². The average molecular weight is 378 g/mol. The van der Waals surface area contributed by atoms with Gasteiger partial charge in [0.15, 0.2) is 5.75 Å². The summed E-state index contributed by atoms with van der Waals surface area (Å²) < 4.78 is 10.9. The Balaban J connectivity index is 2.01. The molecule has 6 nitrogen and oxygen atoms in total. The molecule has 0 aliphatic rings. The summed E-state index contributed by atoms with van der Waals surface area (Å²) in [5.41, 5.74) is 1.35. The zero-order valence-corrected chi connectivity index (χ0v) is 15.1. The molecule has 0 fully saturated rings. The summed E-state index contributed by atoms with van der Waals surface area (Å²) in [6.07, 6.45) is 0.102. The first-order chi connectivity index (χ1) is 12.5. The Labute approximate surface area is 156 Å². The molecule has 2 N–H and O–H groups in total. The van der Waals surface area contributed by atoms with Crippen molar-refractivity contribution >= 4 is 29.2 Å². The summed E-state index contributed by atoms with van der Waals surface area (Å²) in [4.78, 5) is 23.1. The highest BCUT2D eigenvalue weighted by molar-refractivity contribution is 6.32. The zero-order valence-electron chi connectivity index (χ0n) is 14.3. The van der Waals surface area contributed by atoms with Crippen molar-refractivity contribution in [2.75, 3.05) is 25.1 Å². The first-order valence-corrected chi connectivity index (χ1v) is 8.50. The second-order valence-electron chi connectivity index (χ2n) is 5.39. The number of rotatable bonds is 9. The Morgan fingerprint density at radius 2 is 1.85 bits per heavy atom. The topological polar surface area (TPSA) is 84.9 Å². The van der Waals surface area contributed by atoms with Crippen molar-refractivity contribution < 1.29 is 24.2 Å². The fraction of sp³-hybridized carbons (Fsp3) is 0.263. The van der Waals surface area contributed by atoms with Crippen LogP contribution in [0.4, 0.5) is 5.69 Å². The van der Waals surface area contributed by atoms with Crippen LogP contribution in [0.5, 0.6) is 5.75 Å². The lowest BCUT2D eigenvalue weighted by molar-refractivity contribution is -0.115. The van der Waals surface area contributed by atoms with E-state index in [9.17, 15) is 9.59 Å². The number of anilines is 1. The predicted octanol–water partition coefficient (Wildman–Crippen LogP) is 3.63. The number of halogens is 1. The van der Waals surface area contributed by atoms with Gasteiger partial charge < -0.3 is 19.9 Å². The zero-order chi connectivity index (χ0) is 18.9. The maximum atomic E-state index is 12.3. The standard InChI is InChI=1S/C19H20ClNO5/c1-2-25-10-11-26-18-15(20)4-3-5-16(18)21-17(22)12-13-6-8-14(9-7-13)19(23)24/h3-9H,2,10-12H2,1H3,(H,21,22)(H,23,24). The second-order valence-corrected chi connectivity index (χ2v) is 5.80. The summed E-state index contributed by atoms with van der Waals surface area (Å²) in [5, 5.41) is 12.1.